The molecule has 1 aromatic carbocycles. The van der Waals surface area contributed by atoms with Crippen LogP contribution in [0, 0.1) is 10.1 Å². The third-order valence-electron chi connectivity index (χ3n) is 4.32. The van der Waals surface area contributed by atoms with Crippen LogP contribution in [0.5, 0.6) is 5.75 Å². The van der Waals surface area contributed by atoms with Gasteiger partial charge in [0.1, 0.15) is 11.6 Å². The van der Waals surface area contributed by atoms with Gasteiger partial charge in [-0.1, -0.05) is 12.1 Å². The van der Waals surface area contributed by atoms with Crippen LogP contribution in [-0.4, -0.2) is 33.8 Å². The number of H-pyrrole nitrogens is 1. The average Bonchev–Trinajstić information content (AvgIpc) is 2.90. The number of benzene rings is 1. The zero-order valence-corrected chi connectivity index (χ0v) is 14.0. The molecule has 1 aliphatic heterocycles. The minimum Gasteiger partial charge on any atom is -0.497 e. The van der Waals surface area contributed by atoms with E-state index in [2.05, 4.69) is 10.4 Å². The van der Waals surface area contributed by atoms with Crippen molar-refractivity contribution < 1.29 is 14.5 Å². The van der Waals surface area contributed by atoms with Gasteiger partial charge in [0.15, 0.2) is 0 Å². The Morgan fingerprint density at radius 3 is 2.40 bits per heavy atom. The minimum absolute atomic E-state index is 0.125. The number of hydrogen-bond donors (Lipinski definition) is 2. The first-order valence-electron chi connectivity index (χ1n) is 7.77. The van der Waals surface area contributed by atoms with E-state index in [9.17, 15) is 19.7 Å². The van der Waals surface area contributed by atoms with Crippen molar-refractivity contribution in [1.82, 2.24) is 9.78 Å². The summed E-state index contributed by atoms with van der Waals surface area (Å²) >= 11 is 0. The molecule has 0 bridgehead atoms. The van der Waals surface area contributed by atoms with Crippen LogP contribution in [0.2, 0.25) is 0 Å². The molecule has 0 radical (unpaired) electrons. The Kier molecular flexibility index (Phi) is 4.07. The molecule has 0 fully saturated rings. The van der Waals surface area contributed by atoms with E-state index in [1.54, 1.807) is 24.3 Å². The summed E-state index contributed by atoms with van der Waals surface area (Å²) in [5, 5.41) is 16.7. The molecule has 2 heterocycles. The summed E-state index contributed by atoms with van der Waals surface area (Å²) < 4.78 is 6.61. The Hall–Kier alpha value is -3.10. The molecule has 3 rings (SSSR count). The molecular weight excluding hydrogens is 328 g/mol. The van der Waals surface area contributed by atoms with Crippen molar-refractivity contribution in [2.75, 3.05) is 12.4 Å². The number of carbonyl (C=O) groups excluding carboxylic acids is 1. The van der Waals surface area contributed by atoms with Crippen molar-refractivity contribution in [1.29, 1.82) is 0 Å². The highest BCUT2D eigenvalue weighted by Gasteiger charge is 2.48. The van der Waals surface area contributed by atoms with Gasteiger partial charge >= 0.3 is 11.9 Å². The zero-order chi connectivity index (χ0) is 18.3. The average molecular weight is 346 g/mol. The maximum Gasteiger partial charge on any atom is 0.301 e. The summed E-state index contributed by atoms with van der Waals surface area (Å²) in [7, 11) is 1.51. The lowest BCUT2D eigenvalue weighted by Gasteiger charge is -2.26. The van der Waals surface area contributed by atoms with E-state index >= 15 is 0 Å². The summed E-state index contributed by atoms with van der Waals surface area (Å²) in [6.45, 7) is 3.68. The normalized spacial score (nSPS) is 19.4. The lowest BCUT2D eigenvalue weighted by molar-refractivity contribution is -0.509. The predicted octanol–water partition coefficient (Wildman–Crippen LogP) is 1.50. The van der Waals surface area contributed by atoms with Crippen LogP contribution in [0.15, 0.2) is 29.1 Å². The molecule has 0 saturated carbocycles. The summed E-state index contributed by atoms with van der Waals surface area (Å²) in [5.74, 6) is -0.861. The van der Waals surface area contributed by atoms with E-state index in [-0.39, 0.29) is 17.4 Å². The van der Waals surface area contributed by atoms with E-state index in [4.69, 9.17) is 4.74 Å². The summed E-state index contributed by atoms with van der Waals surface area (Å²) in [5.41, 5.74) is 0.252. The van der Waals surface area contributed by atoms with Crippen LogP contribution in [0.3, 0.4) is 0 Å². The molecule has 2 atom stereocenters. The number of aromatic nitrogens is 2. The number of nitro groups is 1. The fraction of sp³-hybridized carbons (Fsp3) is 0.375. The van der Waals surface area contributed by atoms with Crippen molar-refractivity contribution in [2.45, 2.75) is 31.8 Å². The second-order valence-corrected chi connectivity index (χ2v) is 6.14. The van der Waals surface area contributed by atoms with Crippen LogP contribution >= 0.6 is 0 Å². The number of nitrogens with zero attached hydrogens (tertiary/aromatic N) is 2. The molecule has 9 heteroatoms. The molecule has 0 unspecified atom stereocenters. The Morgan fingerprint density at radius 2 is 1.88 bits per heavy atom. The monoisotopic (exact) mass is 346 g/mol. The number of aromatic amines is 1. The Bertz CT molecular complexity index is 881. The number of rotatable bonds is 4. The van der Waals surface area contributed by atoms with Crippen molar-refractivity contribution >= 4 is 11.7 Å². The minimum atomic E-state index is -1.58. The number of amides is 1. The van der Waals surface area contributed by atoms with Crippen molar-refractivity contribution in [3.05, 3.63) is 55.9 Å². The van der Waals surface area contributed by atoms with Crippen LogP contribution in [0.1, 0.15) is 36.9 Å². The standard InChI is InChI=1S/C16H18N4O5/c1-8(2)19-14-12(15(21)18-19)11(13(20(23)24)16(22)17-14)9-4-6-10(25-3)7-5-9/h4-8,11,13H,1-3H3,(H,17,22)(H,18,21)/t11-,13+/m0/s1. The van der Waals surface area contributed by atoms with E-state index in [1.165, 1.54) is 11.8 Å². The van der Waals surface area contributed by atoms with Crippen molar-refractivity contribution in [3.8, 4) is 5.75 Å². The first kappa shape index (κ1) is 16.7. The van der Waals surface area contributed by atoms with E-state index in [0.717, 1.165) is 0 Å². The Morgan fingerprint density at radius 1 is 1.24 bits per heavy atom. The molecule has 25 heavy (non-hydrogen) atoms. The molecule has 132 valence electrons. The number of fused-ring (bicyclic) bond motifs is 1. The maximum absolute atomic E-state index is 12.5. The summed E-state index contributed by atoms with van der Waals surface area (Å²) in [6.07, 6.45) is 0. The Balaban J connectivity index is 2.23. The number of hydrogen-bond acceptors (Lipinski definition) is 5. The number of ether oxygens (including phenoxy) is 1. The van der Waals surface area contributed by atoms with Crippen molar-refractivity contribution in [3.63, 3.8) is 0 Å². The molecule has 1 amide bonds. The number of nitrogens with one attached hydrogen (secondary N) is 2. The van der Waals surface area contributed by atoms with Gasteiger partial charge in [0.05, 0.1) is 18.6 Å². The molecule has 0 aliphatic carbocycles. The van der Waals surface area contributed by atoms with Gasteiger partial charge in [-0.15, -0.1) is 0 Å². The Labute approximate surface area is 142 Å². The summed E-state index contributed by atoms with van der Waals surface area (Å²) in [4.78, 5) is 35.8. The molecule has 0 saturated heterocycles. The number of methoxy groups -OCH3 is 1. The molecule has 1 aliphatic rings. The molecule has 0 spiro atoms. The van der Waals surface area contributed by atoms with Gasteiger partial charge in [0.25, 0.3) is 5.56 Å². The first-order chi connectivity index (χ1) is 11.8. The van der Waals surface area contributed by atoms with Crippen LogP contribution < -0.4 is 15.6 Å². The van der Waals surface area contributed by atoms with Gasteiger partial charge in [-0.25, -0.2) is 0 Å². The highest BCUT2D eigenvalue weighted by molar-refractivity contribution is 5.97. The van der Waals surface area contributed by atoms with Crippen LogP contribution in [0.25, 0.3) is 0 Å². The largest absolute Gasteiger partial charge is 0.497 e. The second-order valence-electron chi connectivity index (χ2n) is 6.14. The highest BCUT2D eigenvalue weighted by Crippen LogP contribution is 2.37. The first-order valence-corrected chi connectivity index (χ1v) is 7.77. The van der Waals surface area contributed by atoms with Crippen molar-refractivity contribution in [2.24, 2.45) is 0 Å². The third-order valence-corrected chi connectivity index (χ3v) is 4.32. The SMILES string of the molecule is COc1ccc([C@H]2c3c(n(C(C)C)[nH]c3=O)NC(=O)[C@@H]2[N+](=O)[O-])cc1. The lowest BCUT2D eigenvalue weighted by atomic mass is 9.83. The quantitative estimate of drug-likeness (QED) is 0.642. The van der Waals surface area contributed by atoms with E-state index in [0.29, 0.717) is 11.3 Å². The van der Waals surface area contributed by atoms with Gasteiger partial charge in [0.2, 0.25) is 0 Å². The number of anilines is 1. The molecule has 2 N–H and O–H groups in total. The van der Waals surface area contributed by atoms with Gasteiger partial charge in [0, 0.05) is 11.0 Å². The predicted molar refractivity (Wildman–Crippen MR) is 89.7 cm³/mol. The molecule has 2 aromatic rings. The van der Waals surface area contributed by atoms with Crippen LogP contribution in [0.4, 0.5) is 5.82 Å². The maximum atomic E-state index is 12.5. The van der Waals surface area contributed by atoms with Gasteiger partial charge in [-0.3, -0.25) is 29.5 Å². The fourth-order valence-corrected chi connectivity index (χ4v) is 3.14. The highest BCUT2D eigenvalue weighted by atomic mass is 16.6. The fourth-order valence-electron chi connectivity index (χ4n) is 3.14. The van der Waals surface area contributed by atoms with Gasteiger partial charge in [-0.2, -0.15) is 0 Å². The topological polar surface area (TPSA) is 119 Å². The van der Waals surface area contributed by atoms with E-state index in [1.807, 2.05) is 13.8 Å². The van der Waals surface area contributed by atoms with E-state index < -0.39 is 28.3 Å². The zero-order valence-electron chi connectivity index (χ0n) is 14.0. The number of carbonyl (C=O) groups is 1. The smallest absolute Gasteiger partial charge is 0.301 e. The third kappa shape index (κ3) is 2.67. The van der Waals surface area contributed by atoms with Crippen LogP contribution in [-0.2, 0) is 4.79 Å². The lowest BCUT2D eigenvalue weighted by Crippen LogP contribution is -2.45. The molecule has 9 nitrogen and oxygen atoms in total. The van der Waals surface area contributed by atoms with Gasteiger partial charge < -0.3 is 10.1 Å². The second kappa shape index (κ2) is 6.08. The molecular formula is C16H18N4O5. The molecule has 1 aromatic heterocycles. The van der Waals surface area contributed by atoms with Gasteiger partial charge in [-0.05, 0) is 31.5 Å². The summed E-state index contributed by atoms with van der Waals surface area (Å²) in [6, 6.07) is 4.85.